The standard InChI is InChI=1S/C17H27NO2/c1-4-10-18-16(14-8-6-5-7-9-14)17(13(2)3)20-15-11-19-12-15/h5-9,13,15-18H,4,10-12H2,1-3H3. The fraction of sp³-hybridized carbons (Fsp3) is 0.647. The summed E-state index contributed by atoms with van der Waals surface area (Å²) in [6, 6.07) is 10.9. The molecule has 0 spiro atoms. The Labute approximate surface area is 122 Å². The first-order chi connectivity index (χ1) is 9.72. The van der Waals surface area contributed by atoms with Crippen molar-refractivity contribution in [1.82, 2.24) is 5.32 Å². The van der Waals surface area contributed by atoms with Crippen molar-refractivity contribution >= 4 is 0 Å². The average molecular weight is 277 g/mol. The molecule has 2 unspecified atom stereocenters. The molecule has 0 aliphatic carbocycles. The molecule has 1 saturated heterocycles. The molecular formula is C17H27NO2. The van der Waals surface area contributed by atoms with Gasteiger partial charge in [-0.1, -0.05) is 51.1 Å². The molecule has 1 heterocycles. The van der Waals surface area contributed by atoms with Crippen molar-refractivity contribution < 1.29 is 9.47 Å². The van der Waals surface area contributed by atoms with Crippen LogP contribution in [0, 0.1) is 5.92 Å². The van der Waals surface area contributed by atoms with Crippen molar-refractivity contribution in [2.24, 2.45) is 5.92 Å². The van der Waals surface area contributed by atoms with Crippen LogP contribution in [-0.4, -0.2) is 32.0 Å². The summed E-state index contributed by atoms with van der Waals surface area (Å²) in [5.41, 5.74) is 1.31. The third-order valence-corrected chi connectivity index (χ3v) is 3.72. The van der Waals surface area contributed by atoms with Crippen LogP contribution in [0.4, 0.5) is 0 Å². The van der Waals surface area contributed by atoms with Gasteiger partial charge in [0, 0.05) is 0 Å². The van der Waals surface area contributed by atoms with Crippen molar-refractivity contribution in [1.29, 1.82) is 0 Å². The second kappa shape index (κ2) is 7.77. The lowest BCUT2D eigenvalue weighted by Gasteiger charge is -2.37. The SMILES string of the molecule is CCCNC(c1ccccc1)C(OC1COC1)C(C)C. The van der Waals surface area contributed by atoms with Crippen LogP contribution in [-0.2, 0) is 9.47 Å². The van der Waals surface area contributed by atoms with Crippen LogP contribution >= 0.6 is 0 Å². The van der Waals surface area contributed by atoms with Gasteiger partial charge in [-0.05, 0) is 24.4 Å². The maximum absolute atomic E-state index is 6.27. The predicted molar refractivity (Wildman–Crippen MR) is 81.8 cm³/mol. The highest BCUT2D eigenvalue weighted by atomic mass is 16.6. The van der Waals surface area contributed by atoms with Crippen LogP contribution in [0.25, 0.3) is 0 Å². The van der Waals surface area contributed by atoms with E-state index < -0.39 is 0 Å². The number of hydrogen-bond donors (Lipinski definition) is 1. The fourth-order valence-corrected chi connectivity index (χ4v) is 2.52. The molecule has 0 amide bonds. The van der Waals surface area contributed by atoms with Crippen molar-refractivity contribution in [3.05, 3.63) is 35.9 Å². The van der Waals surface area contributed by atoms with Gasteiger partial charge in [0.2, 0.25) is 0 Å². The predicted octanol–water partition coefficient (Wildman–Crippen LogP) is 3.17. The van der Waals surface area contributed by atoms with Crippen molar-refractivity contribution in [3.8, 4) is 0 Å². The van der Waals surface area contributed by atoms with Gasteiger partial charge in [-0.25, -0.2) is 0 Å². The van der Waals surface area contributed by atoms with E-state index in [2.05, 4.69) is 56.4 Å². The van der Waals surface area contributed by atoms with Crippen molar-refractivity contribution in [2.75, 3.05) is 19.8 Å². The zero-order valence-corrected chi connectivity index (χ0v) is 12.8. The summed E-state index contributed by atoms with van der Waals surface area (Å²) < 4.78 is 11.5. The Morgan fingerprint density at radius 3 is 2.45 bits per heavy atom. The highest BCUT2D eigenvalue weighted by Crippen LogP contribution is 2.27. The molecule has 0 radical (unpaired) electrons. The van der Waals surface area contributed by atoms with Crippen molar-refractivity contribution in [3.63, 3.8) is 0 Å². The average Bonchev–Trinajstić information content (AvgIpc) is 2.41. The van der Waals surface area contributed by atoms with E-state index >= 15 is 0 Å². The van der Waals surface area contributed by atoms with Gasteiger partial charge in [0.1, 0.15) is 6.10 Å². The van der Waals surface area contributed by atoms with E-state index in [0.717, 1.165) is 26.2 Å². The molecule has 1 fully saturated rings. The molecule has 20 heavy (non-hydrogen) atoms. The molecule has 3 heteroatoms. The molecule has 1 N–H and O–H groups in total. The van der Waals surface area contributed by atoms with E-state index in [1.54, 1.807) is 0 Å². The van der Waals surface area contributed by atoms with E-state index in [0.29, 0.717) is 5.92 Å². The van der Waals surface area contributed by atoms with Gasteiger partial charge in [-0.3, -0.25) is 0 Å². The molecule has 1 aromatic rings. The summed E-state index contributed by atoms with van der Waals surface area (Å²) in [5, 5.41) is 3.65. The second-order valence-corrected chi connectivity index (χ2v) is 5.85. The van der Waals surface area contributed by atoms with Gasteiger partial charge in [-0.2, -0.15) is 0 Å². The lowest BCUT2D eigenvalue weighted by Crippen LogP contribution is -2.45. The van der Waals surface area contributed by atoms with Crippen LogP contribution in [0.5, 0.6) is 0 Å². The molecule has 2 atom stereocenters. The largest absolute Gasteiger partial charge is 0.376 e. The summed E-state index contributed by atoms with van der Waals surface area (Å²) in [5.74, 6) is 0.463. The highest BCUT2D eigenvalue weighted by Gasteiger charge is 2.31. The molecule has 1 aliphatic heterocycles. The van der Waals surface area contributed by atoms with Gasteiger partial charge >= 0.3 is 0 Å². The summed E-state index contributed by atoms with van der Waals surface area (Å²) in [7, 11) is 0. The van der Waals surface area contributed by atoms with E-state index in [1.165, 1.54) is 5.56 Å². The van der Waals surface area contributed by atoms with Gasteiger partial charge in [0.25, 0.3) is 0 Å². The lowest BCUT2D eigenvalue weighted by molar-refractivity contribution is -0.170. The Morgan fingerprint density at radius 1 is 1.25 bits per heavy atom. The molecule has 3 nitrogen and oxygen atoms in total. The lowest BCUT2D eigenvalue weighted by atomic mass is 9.93. The van der Waals surface area contributed by atoms with E-state index in [-0.39, 0.29) is 18.2 Å². The second-order valence-electron chi connectivity index (χ2n) is 5.85. The molecule has 1 aliphatic rings. The first-order valence-corrected chi connectivity index (χ1v) is 7.74. The van der Waals surface area contributed by atoms with E-state index in [4.69, 9.17) is 9.47 Å². The first kappa shape index (κ1) is 15.5. The van der Waals surface area contributed by atoms with Crippen molar-refractivity contribution in [2.45, 2.75) is 45.4 Å². The Hall–Kier alpha value is -0.900. The molecule has 0 bridgehead atoms. The number of hydrogen-bond acceptors (Lipinski definition) is 3. The number of nitrogens with one attached hydrogen (secondary N) is 1. The quantitative estimate of drug-likeness (QED) is 0.791. The molecular weight excluding hydrogens is 250 g/mol. The third kappa shape index (κ3) is 4.05. The van der Waals surface area contributed by atoms with Gasteiger partial charge in [0.15, 0.2) is 0 Å². The summed E-state index contributed by atoms with van der Waals surface area (Å²) in [6.07, 6.45) is 1.57. The summed E-state index contributed by atoms with van der Waals surface area (Å²) >= 11 is 0. The normalized spacial score (nSPS) is 18.8. The maximum Gasteiger partial charge on any atom is 0.105 e. The maximum atomic E-state index is 6.27. The first-order valence-electron chi connectivity index (χ1n) is 7.74. The molecule has 1 aromatic carbocycles. The summed E-state index contributed by atoms with van der Waals surface area (Å²) in [4.78, 5) is 0. The van der Waals surface area contributed by atoms with Crippen LogP contribution < -0.4 is 5.32 Å². The van der Waals surface area contributed by atoms with E-state index in [9.17, 15) is 0 Å². The fourth-order valence-electron chi connectivity index (χ4n) is 2.52. The van der Waals surface area contributed by atoms with Gasteiger partial charge in [-0.15, -0.1) is 0 Å². The molecule has 2 rings (SSSR count). The van der Waals surface area contributed by atoms with E-state index in [1.807, 2.05) is 0 Å². The van der Waals surface area contributed by atoms with Gasteiger partial charge < -0.3 is 14.8 Å². The number of ether oxygens (including phenoxy) is 2. The van der Waals surface area contributed by atoms with Crippen LogP contribution in [0.15, 0.2) is 30.3 Å². The smallest absolute Gasteiger partial charge is 0.105 e. The molecule has 112 valence electrons. The number of rotatable bonds is 8. The Kier molecular flexibility index (Phi) is 6.02. The number of benzene rings is 1. The molecule has 0 saturated carbocycles. The zero-order valence-electron chi connectivity index (χ0n) is 12.8. The Morgan fingerprint density at radius 2 is 1.95 bits per heavy atom. The Bertz CT molecular complexity index is 376. The third-order valence-electron chi connectivity index (χ3n) is 3.72. The topological polar surface area (TPSA) is 30.5 Å². The monoisotopic (exact) mass is 277 g/mol. The minimum atomic E-state index is 0.179. The zero-order chi connectivity index (χ0) is 14.4. The van der Waals surface area contributed by atoms with Crippen LogP contribution in [0.1, 0.15) is 38.8 Å². The minimum absolute atomic E-state index is 0.179. The Balaban J connectivity index is 2.12. The van der Waals surface area contributed by atoms with Crippen LogP contribution in [0.2, 0.25) is 0 Å². The molecule has 0 aromatic heterocycles. The summed E-state index contributed by atoms with van der Waals surface area (Å²) in [6.45, 7) is 9.13. The van der Waals surface area contributed by atoms with Crippen LogP contribution in [0.3, 0.4) is 0 Å². The minimum Gasteiger partial charge on any atom is -0.376 e. The van der Waals surface area contributed by atoms with Gasteiger partial charge in [0.05, 0.1) is 25.4 Å². The highest BCUT2D eigenvalue weighted by molar-refractivity contribution is 5.20.